The summed E-state index contributed by atoms with van der Waals surface area (Å²) >= 11 is 5.78. The molecule has 2 aromatic rings. The predicted molar refractivity (Wildman–Crippen MR) is 87.8 cm³/mol. The molecule has 2 aromatic carbocycles. The van der Waals surface area contributed by atoms with Crippen LogP contribution in [0.2, 0.25) is 5.02 Å². The smallest absolute Gasteiger partial charge is 0.244 e. The molecule has 1 amide bonds. The Morgan fingerprint density at radius 1 is 1.12 bits per heavy atom. The van der Waals surface area contributed by atoms with E-state index in [9.17, 15) is 14.7 Å². The molecule has 7 heteroatoms. The summed E-state index contributed by atoms with van der Waals surface area (Å²) in [5.74, 6) is -1.13. The Hall–Kier alpha value is -2.86. The largest absolute Gasteiger partial charge is 0.546 e. The number of rotatable bonds is 7. The minimum atomic E-state index is -1.29. The maximum Gasteiger partial charge on any atom is 0.244 e. The van der Waals surface area contributed by atoms with Crippen molar-refractivity contribution in [1.29, 1.82) is 0 Å². The van der Waals surface area contributed by atoms with Crippen molar-refractivity contribution in [3.8, 4) is 5.75 Å². The van der Waals surface area contributed by atoms with Crippen LogP contribution in [0.1, 0.15) is 11.1 Å². The summed E-state index contributed by atoms with van der Waals surface area (Å²) < 4.78 is 4.95. The SMILES string of the molecule is O=C([O-])COc1ccc(/C=N\NC(=O)Cc2ccc(Cl)cc2)cc1. The number of carboxylic acid groups (broad SMARTS) is 1. The Bertz CT molecular complexity index is 727. The first kappa shape index (κ1) is 17.5. The third-order valence-electron chi connectivity index (χ3n) is 2.92. The lowest BCUT2D eigenvalue weighted by Crippen LogP contribution is -2.28. The summed E-state index contributed by atoms with van der Waals surface area (Å²) in [7, 11) is 0. The number of halogens is 1. The van der Waals surface area contributed by atoms with E-state index in [1.165, 1.54) is 6.21 Å². The van der Waals surface area contributed by atoms with Crippen LogP contribution in [0.3, 0.4) is 0 Å². The Kier molecular flexibility index (Phi) is 6.33. The van der Waals surface area contributed by atoms with Crippen molar-refractivity contribution in [3.63, 3.8) is 0 Å². The predicted octanol–water partition coefficient (Wildman–Crippen LogP) is 1.16. The molecule has 0 aliphatic rings. The van der Waals surface area contributed by atoms with Crippen LogP contribution in [0.15, 0.2) is 53.6 Å². The molecule has 0 heterocycles. The highest BCUT2D eigenvalue weighted by atomic mass is 35.5. The zero-order valence-corrected chi connectivity index (χ0v) is 13.3. The quantitative estimate of drug-likeness (QED) is 0.602. The van der Waals surface area contributed by atoms with Crippen molar-refractivity contribution in [2.75, 3.05) is 6.61 Å². The first-order valence-corrected chi connectivity index (χ1v) is 7.40. The third kappa shape index (κ3) is 6.10. The van der Waals surface area contributed by atoms with E-state index in [1.54, 1.807) is 48.5 Å². The summed E-state index contributed by atoms with van der Waals surface area (Å²) in [5, 5.41) is 14.8. The van der Waals surface area contributed by atoms with Crippen LogP contribution in [-0.4, -0.2) is 24.7 Å². The van der Waals surface area contributed by atoms with Crippen LogP contribution >= 0.6 is 11.6 Å². The van der Waals surface area contributed by atoms with Crippen LogP contribution < -0.4 is 15.3 Å². The molecule has 0 saturated heterocycles. The lowest BCUT2D eigenvalue weighted by molar-refractivity contribution is -0.307. The Balaban J connectivity index is 1.81. The van der Waals surface area contributed by atoms with Crippen molar-refractivity contribution in [2.24, 2.45) is 5.10 Å². The minimum Gasteiger partial charge on any atom is -0.546 e. The van der Waals surface area contributed by atoms with Crippen molar-refractivity contribution >= 4 is 29.7 Å². The molecule has 0 atom stereocenters. The van der Waals surface area contributed by atoms with Gasteiger partial charge < -0.3 is 14.6 Å². The van der Waals surface area contributed by atoms with E-state index in [4.69, 9.17) is 16.3 Å². The molecular weight excluding hydrogens is 332 g/mol. The van der Waals surface area contributed by atoms with Crippen molar-refractivity contribution in [3.05, 3.63) is 64.7 Å². The standard InChI is InChI=1S/C17H15ClN2O4/c18-14-5-1-12(2-6-14)9-16(21)20-19-10-13-3-7-15(8-4-13)24-11-17(22)23/h1-8,10H,9,11H2,(H,20,21)(H,22,23)/p-1/b19-10-. The van der Waals surface area contributed by atoms with Gasteiger partial charge in [-0.25, -0.2) is 5.43 Å². The Labute approximate surface area is 143 Å². The monoisotopic (exact) mass is 345 g/mol. The van der Waals surface area contributed by atoms with Gasteiger partial charge in [-0.1, -0.05) is 23.7 Å². The molecule has 0 aromatic heterocycles. The lowest BCUT2D eigenvalue weighted by Gasteiger charge is -2.06. The first-order valence-electron chi connectivity index (χ1n) is 7.02. The first-order chi connectivity index (χ1) is 11.5. The van der Waals surface area contributed by atoms with Crippen LogP contribution in [0.25, 0.3) is 0 Å². The number of carbonyl (C=O) groups is 2. The highest BCUT2D eigenvalue weighted by Crippen LogP contribution is 2.11. The maximum atomic E-state index is 11.8. The summed E-state index contributed by atoms with van der Waals surface area (Å²) in [4.78, 5) is 22.0. The van der Waals surface area contributed by atoms with Gasteiger partial charge in [-0.2, -0.15) is 5.10 Å². The molecule has 0 bridgehead atoms. The fourth-order valence-electron chi connectivity index (χ4n) is 1.80. The van der Waals surface area contributed by atoms with Gasteiger partial charge in [0.25, 0.3) is 0 Å². The van der Waals surface area contributed by atoms with Gasteiger partial charge in [0.15, 0.2) is 0 Å². The van der Waals surface area contributed by atoms with E-state index in [0.717, 1.165) is 11.1 Å². The second-order valence-electron chi connectivity index (χ2n) is 4.83. The normalized spacial score (nSPS) is 10.5. The molecule has 0 unspecified atom stereocenters. The highest BCUT2D eigenvalue weighted by molar-refractivity contribution is 6.30. The maximum absolute atomic E-state index is 11.8. The fraction of sp³-hybridized carbons (Fsp3) is 0.118. The van der Waals surface area contributed by atoms with Crippen molar-refractivity contribution in [2.45, 2.75) is 6.42 Å². The van der Waals surface area contributed by atoms with E-state index < -0.39 is 12.6 Å². The molecule has 0 fully saturated rings. The number of hydrogen-bond acceptors (Lipinski definition) is 5. The van der Waals surface area contributed by atoms with Gasteiger partial charge in [-0.05, 0) is 47.5 Å². The Morgan fingerprint density at radius 2 is 1.79 bits per heavy atom. The number of benzene rings is 2. The van der Waals surface area contributed by atoms with Gasteiger partial charge in [0.1, 0.15) is 12.4 Å². The summed E-state index contributed by atoms with van der Waals surface area (Å²) in [6, 6.07) is 13.5. The van der Waals surface area contributed by atoms with E-state index in [0.29, 0.717) is 10.8 Å². The molecule has 0 saturated carbocycles. The number of hydrazone groups is 1. The molecule has 0 spiro atoms. The number of nitrogens with one attached hydrogen (secondary N) is 1. The van der Waals surface area contributed by atoms with Gasteiger partial charge in [0, 0.05) is 5.02 Å². The number of hydrogen-bond donors (Lipinski definition) is 1. The fourth-order valence-corrected chi connectivity index (χ4v) is 1.92. The van der Waals surface area contributed by atoms with Gasteiger partial charge in [-0.15, -0.1) is 0 Å². The third-order valence-corrected chi connectivity index (χ3v) is 3.17. The Morgan fingerprint density at radius 3 is 2.42 bits per heavy atom. The molecule has 2 rings (SSSR count). The van der Waals surface area contributed by atoms with Crippen LogP contribution in [-0.2, 0) is 16.0 Å². The van der Waals surface area contributed by atoms with Crippen LogP contribution in [0.5, 0.6) is 5.75 Å². The topological polar surface area (TPSA) is 90.8 Å². The zero-order chi connectivity index (χ0) is 17.4. The second-order valence-corrected chi connectivity index (χ2v) is 5.26. The number of carbonyl (C=O) groups excluding carboxylic acids is 2. The van der Waals surface area contributed by atoms with E-state index in [2.05, 4.69) is 10.5 Å². The number of aliphatic carboxylic acids is 1. The van der Waals surface area contributed by atoms with Crippen LogP contribution in [0, 0.1) is 0 Å². The molecule has 6 nitrogen and oxygen atoms in total. The number of nitrogens with zero attached hydrogens (tertiary/aromatic N) is 1. The van der Waals surface area contributed by atoms with Crippen molar-refractivity contribution in [1.82, 2.24) is 5.43 Å². The zero-order valence-electron chi connectivity index (χ0n) is 12.6. The number of ether oxygens (including phenoxy) is 1. The second kappa shape index (κ2) is 8.69. The molecule has 1 N–H and O–H groups in total. The average Bonchev–Trinajstić information content (AvgIpc) is 2.56. The van der Waals surface area contributed by atoms with E-state index in [1.807, 2.05) is 0 Å². The minimum absolute atomic E-state index is 0.199. The molecule has 0 radical (unpaired) electrons. The molecule has 0 aliphatic carbocycles. The molecular formula is C17H14ClN2O4-. The molecule has 0 aliphatic heterocycles. The molecule has 124 valence electrons. The highest BCUT2D eigenvalue weighted by Gasteiger charge is 2.01. The summed E-state index contributed by atoms with van der Waals surface area (Å²) in [5.41, 5.74) is 3.99. The summed E-state index contributed by atoms with van der Waals surface area (Å²) in [6.45, 7) is -0.506. The van der Waals surface area contributed by atoms with Gasteiger partial charge >= 0.3 is 0 Å². The molecule has 24 heavy (non-hydrogen) atoms. The van der Waals surface area contributed by atoms with Gasteiger partial charge in [0.05, 0.1) is 18.6 Å². The number of amides is 1. The van der Waals surface area contributed by atoms with E-state index in [-0.39, 0.29) is 12.3 Å². The number of carboxylic acids is 1. The van der Waals surface area contributed by atoms with Gasteiger partial charge in [0.2, 0.25) is 5.91 Å². The summed E-state index contributed by atoms with van der Waals surface area (Å²) in [6.07, 6.45) is 1.67. The van der Waals surface area contributed by atoms with Crippen molar-refractivity contribution < 1.29 is 19.4 Å². The van der Waals surface area contributed by atoms with Gasteiger partial charge in [-0.3, -0.25) is 4.79 Å². The van der Waals surface area contributed by atoms with E-state index >= 15 is 0 Å². The lowest BCUT2D eigenvalue weighted by atomic mass is 10.1. The average molecular weight is 346 g/mol. The van der Waals surface area contributed by atoms with Crippen LogP contribution in [0.4, 0.5) is 0 Å².